The average Bonchev–Trinajstić information content (AvgIpc) is 2.37. The summed E-state index contributed by atoms with van der Waals surface area (Å²) < 4.78 is 43.6. The molecule has 0 aromatic rings. The van der Waals surface area contributed by atoms with Crippen molar-refractivity contribution in [1.29, 1.82) is 0 Å². The molecule has 0 spiro atoms. The third-order valence-corrected chi connectivity index (χ3v) is 1.39. The van der Waals surface area contributed by atoms with Crippen molar-refractivity contribution in [3.63, 3.8) is 0 Å². The maximum Gasteiger partial charge on any atom is 0.490 e. The Bertz CT molecular complexity index is 171. The molecule has 0 saturated carbocycles. The van der Waals surface area contributed by atoms with Crippen LogP contribution >= 0.6 is 0 Å². The highest BCUT2D eigenvalue weighted by Gasteiger charge is 2.42. The lowest BCUT2D eigenvalue weighted by Crippen LogP contribution is -2.30. The molecular weight excluding hydrogens is 177 g/mol. The SMILES string of the molecule is O=C(OC1CCOC1)C(F)(F)F. The zero-order valence-corrected chi connectivity index (χ0v) is 6.06. The molecule has 0 aromatic heterocycles. The minimum absolute atomic E-state index is 0.0574. The van der Waals surface area contributed by atoms with Gasteiger partial charge in [0.15, 0.2) is 0 Å². The second-order valence-corrected chi connectivity index (χ2v) is 2.39. The topological polar surface area (TPSA) is 35.5 Å². The number of ether oxygens (including phenoxy) is 2. The first-order valence-electron chi connectivity index (χ1n) is 3.35. The van der Waals surface area contributed by atoms with Gasteiger partial charge in [-0.05, 0) is 0 Å². The Hall–Kier alpha value is -0.780. The van der Waals surface area contributed by atoms with Crippen LogP contribution in [0.25, 0.3) is 0 Å². The number of carbonyl (C=O) groups excluding carboxylic acids is 1. The summed E-state index contributed by atoms with van der Waals surface area (Å²) in [5.41, 5.74) is 0. The molecule has 1 aliphatic rings. The largest absolute Gasteiger partial charge is 0.490 e. The molecule has 1 aliphatic heterocycles. The average molecular weight is 184 g/mol. The number of carbonyl (C=O) groups is 1. The maximum atomic E-state index is 11.6. The molecule has 70 valence electrons. The highest BCUT2D eigenvalue weighted by molar-refractivity contribution is 5.75. The summed E-state index contributed by atoms with van der Waals surface area (Å²) in [6.45, 7) is 0.400. The Morgan fingerprint density at radius 2 is 2.17 bits per heavy atom. The molecule has 0 N–H and O–H groups in total. The molecule has 0 aliphatic carbocycles. The third kappa shape index (κ3) is 2.37. The number of alkyl halides is 3. The predicted molar refractivity (Wildman–Crippen MR) is 31.4 cm³/mol. The number of hydrogen-bond donors (Lipinski definition) is 0. The van der Waals surface area contributed by atoms with Gasteiger partial charge in [-0.25, -0.2) is 4.79 Å². The number of esters is 1. The van der Waals surface area contributed by atoms with Gasteiger partial charge in [0.2, 0.25) is 0 Å². The molecule has 0 radical (unpaired) electrons. The molecule has 0 amide bonds. The molecule has 1 heterocycles. The van der Waals surface area contributed by atoms with Crippen LogP contribution < -0.4 is 0 Å². The molecule has 12 heavy (non-hydrogen) atoms. The smallest absolute Gasteiger partial charge is 0.453 e. The summed E-state index contributed by atoms with van der Waals surface area (Å²) in [5, 5.41) is 0. The monoisotopic (exact) mass is 184 g/mol. The fraction of sp³-hybridized carbons (Fsp3) is 0.833. The Labute approximate surface area is 66.4 Å². The van der Waals surface area contributed by atoms with Gasteiger partial charge in [0.05, 0.1) is 13.2 Å². The van der Waals surface area contributed by atoms with Crippen molar-refractivity contribution in [2.45, 2.75) is 18.7 Å². The van der Waals surface area contributed by atoms with Crippen molar-refractivity contribution in [1.82, 2.24) is 0 Å². The van der Waals surface area contributed by atoms with Gasteiger partial charge < -0.3 is 9.47 Å². The van der Waals surface area contributed by atoms with Gasteiger partial charge in [-0.2, -0.15) is 13.2 Å². The lowest BCUT2D eigenvalue weighted by molar-refractivity contribution is -0.204. The van der Waals surface area contributed by atoms with Crippen molar-refractivity contribution < 1.29 is 27.4 Å². The molecule has 3 nitrogen and oxygen atoms in total. The van der Waals surface area contributed by atoms with E-state index in [9.17, 15) is 18.0 Å². The first kappa shape index (κ1) is 9.31. The second-order valence-electron chi connectivity index (χ2n) is 2.39. The minimum atomic E-state index is -4.90. The quantitative estimate of drug-likeness (QED) is 0.567. The summed E-state index contributed by atoms with van der Waals surface area (Å²) in [4.78, 5) is 10.2. The van der Waals surface area contributed by atoms with Gasteiger partial charge in [-0.1, -0.05) is 0 Å². The third-order valence-electron chi connectivity index (χ3n) is 1.39. The standard InChI is InChI=1S/C6H7F3O3/c7-6(8,9)5(10)12-4-1-2-11-3-4/h4H,1-3H2. The van der Waals surface area contributed by atoms with Crippen LogP contribution in [0.3, 0.4) is 0 Å². The second kappa shape index (κ2) is 3.30. The first-order chi connectivity index (χ1) is 5.50. The first-order valence-corrected chi connectivity index (χ1v) is 3.35. The van der Waals surface area contributed by atoms with E-state index in [0.717, 1.165) is 0 Å². The van der Waals surface area contributed by atoms with Gasteiger partial charge in [0.1, 0.15) is 6.10 Å². The van der Waals surface area contributed by atoms with Crippen LogP contribution in [0.4, 0.5) is 13.2 Å². The van der Waals surface area contributed by atoms with Gasteiger partial charge in [0, 0.05) is 6.42 Å². The summed E-state index contributed by atoms with van der Waals surface area (Å²) in [6.07, 6.45) is -5.30. The molecular formula is C6H7F3O3. The molecule has 6 heteroatoms. The zero-order chi connectivity index (χ0) is 9.19. The summed E-state index contributed by atoms with van der Waals surface area (Å²) >= 11 is 0. The van der Waals surface area contributed by atoms with Gasteiger partial charge in [0.25, 0.3) is 0 Å². The molecule has 1 atom stereocenters. The van der Waals surface area contributed by atoms with Gasteiger partial charge >= 0.3 is 12.1 Å². The van der Waals surface area contributed by atoms with Gasteiger partial charge in [-0.15, -0.1) is 0 Å². The van der Waals surface area contributed by atoms with Crippen LogP contribution in [-0.4, -0.2) is 31.5 Å². The lowest BCUT2D eigenvalue weighted by Gasteiger charge is -2.11. The van der Waals surface area contributed by atoms with E-state index in [1.807, 2.05) is 0 Å². The molecule has 1 unspecified atom stereocenters. The van der Waals surface area contributed by atoms with E-state index in [1.165, 1.54) is 0 Å². The Kier molecular flexibility index (Phi) is 2.56. The fourth-order valence-corrected chi connectivity index (χ4v) is 0.824. The van der Waals surface area contributed by atoms with Crippen molar-refractivity contribution >= 4 is 5.97 Å². The van der Waals surface area contributed by atoms with Crippen molar-refractivity contribution in [2.24, 2.45) is 0 Å². The van der Waals surface area contributed by atoms with E-state index in [1.54, 1.807) is 0 Å². The Morgan fingerprint density at radius 1 is 1.50 bits per heavy atom. The van der Waals surface area contributed by atoms with E-state index < -0.39 is 18.2 Å². The van der Waals surface area contributed by atoms with Crippen LogP contribution in [0, 0.1) is 0 Å². The fourth-order valence-electron chi connectivity index (χ4n) is 0.824. The minimum Gasteiger partial charge on any atom is -0.453 e. The molecule has 1 rings (SSSR count). The highest BCUT2D eigenvalue weighted by atomic mass is 19.4. The molecule has 1 fully saturated rings. The van der Waals surface area contributed by atoms with Crippen LogP contribution in [0.2, 0.25) is 0 Å². The number of hydrogen-bond acceptors (Lipinski definition) is 3. The van der Waals surface area contributed by atoms with Crippen LogP contribution in [-0.2, 0) is 14.3 Å². The van der Waals surface area contributed by atoms with Crippen molar-refractivity contribution in [3.8, 4) is 0 Å². The maximum absolute atomic E-state index is 11.6. The molecule has 0 bridgehead atoms. The van der Waals surface area contributed by atoms with E-state index in [4.69, 9.17) is 4.74 Å². The Balaban J connectivity index is 2.35. The van der Waals surface area contributed by atoms with Crippen LogP contribution in [0.5, 0.6) is 0 Å². The highest BCUT2D eigenvalue weighted by Crippen LogP contribution is 2.19. The number of halogens is 3. The molecule has 0 aromatic carbocycles. The van der Waals surface area contributed by atoms with Gasteiger partial charge in [-0.3, -0.25) is 0 Å². The lowest BCUT2D eigenvalue weighted by atomic mass is 10.3. The molecule has 1 saturated heterocycles. The zero-order valence-electron chi connectivity index (χ0n) is 6.06. The summed E-state index contributed by atoms with van der Waals surface area (Å²) in [6, 6.07) is 0. The number of rotatable bonds is 1. The Morgan fingerprint density at radius 3 is 2.58 bits per heavy atom. The van der Waals surface area contributed by atoms with E-state index in [2.05, 4.69) is 4.74 Å². The van der Waals surface area contributed by atoms with E-state index in [-0.39, 0.29) is 6.61 Å². The normalized spacial score (nSPS) is 24.1. The van der Waals surface area contributed by atoms with Crippen molar-refractivity contribution in [3.05, 3.63) is 0 Å². The summed E-state index contributed by atoms with van der Waals surface area (Å²) in [5.74, 6) is -2.14. The van der Waals surface area contributed by atoms with Crippen LogP contribution in [0.1, 0.15) is 6.42 Å². The summed E-state index contributed by atoms with van der Waals surface area (Å²) in [7, 11) is 0. The van der Waals surface area contributed by atoms with Crippen molar-refractivity contribution in [2.75, 3.05) is 13.2 Å². The van der Waals surface area contributed by atoms with Crippen LogP contribution in [0.15, 0.2) is 0 Å². The predicted octanol–water partition coefficient (Wildman–Crippen LogP) is 0.881. The van der Waals surface area contributed by atoms with E-state index in [0.29, 0.717) is 13.0 Å². The van der Waals surface area contributed by atoms with E-state index >= 15 is 0 Å².